The number of rotatable bonds is 4. The third-order valence-corrected chi connectivity index (χ3v) is 2.76. The Kier molecular flexibility index (Phi) is 3.03. The topological polar surface area (TPSA) is 99.8 Å². The quantitative estimate of drug-likeness (QED) is 0.546. The molecule has 0 aromatic carbocycles. The second kappa shape index (κ2) is 4.48. The molecule has 2 aliphatic heterocycles. The Labute approximate surface area is 97.7 Å². The van der Waals surface area contributed by atoms with Gasteiger partial charge in [0.25, 0.3) is 0 Å². The fraction of sp³-hybridized carbons (Fsp3) is 0.667. The van der Waals surface area contributed by atoms with Crippen LogP contribution in [0.5, 0.6) is 0 Å². The fourth-order valence-corrected chi connectivity index (χ4v) is 1.93. The van der Waals surface area contributed by atoms with Gasteiger partial charge in [0, 0.05) is 13.0 Å². The van der Waals surface area contributed by atoms with E-state index in [1.54, 1.807) is 0 Å². The molecule has 0 spiro atoms. The Balaban J connectivity index is 1.85. The van der Waals surface area contributed by atoms with Crippen LogP contribution in [0.4, 0.5) is 9.59 Å². The van der Waals surface area contributed by atoms with Gasteiger partial charge in [0.05, 0.1) is 7.11 Å². The van der Waals surface area contributed by atoms with Gasteiger partial charge in [0.2, 0.25) is 0 Å². The Morgan fingerprint density at radius 3 is 2.82 bits per heavy atom. The molecule has 3 N–H and O–H groups in total. The summed E-state index contributed by atoms with van der Waals surface area (Å²) in [5, 5.41) is 7.82. The minimum Gasteiger partial charge on any atom is -0.469 e. The molecular weight excluding hydrogens is 228 g/mol. The van der Waals surface area contributed by atoms with Crippen molar-refractivity contribution in [3.8, 4) is 0 Å². The van der Waals surface area contributed by atoms with Crippen LogP contribution < -0.4 is 16.0 Å². The molecule has 2 heterocycles. The van der Waals surface area contributed by atoms with E-state index in [2.05, 4.69) is 20.7 Å². The van der Waals surface area contributed by atoms with Crippen molar-refractivity contribution in [2.45, 2.75) is 25.2 Å². The molecular formula is C9H14N4O4. The Morgan fingerprint density at radius 1 is 1.35 bits per heavy atom. The van der Waals surface area contributed by atoms with Crippen molar-refractivity contribution in [3.63, 3.8) is 0 Å². The van der Waals surface area contributed by atoms with Crippen LogP contribution in [0.3, 0.4) is 0 Å². The summed E-state index contributed by atoms with van der Waals surface area (Å²) in [5.41, 5.74) is 0. The average Bonchev–Trinajstić information content (AvgIpc) is 2.76. The summed E-state index contributed by atoms with van der Waals surface area (Å²) in [4.78, 5) is 35.0. The number of esters is 1. The molecule has 0 aliphatic carbocycles. The Morgan fingerprint density at radius 2 is 2.12 bits per heavy atom. The van der Waals surface area contributed by atoms with Crippen LogP contribution in [0.15, 0.2) is 0 Å². The summed E-state index contributed by atoms with van der Waals surface area (Å²) in [7, 11) is 1.32. The maximum Gasteiger partial charge on any atom is 0.320 e. The molecule has 0 radical (unpaired) electrons. The lowest BCUT2D eigenvalue weighted by molar-refractivity contribution is -0.140. The first-order chi connectivity index (χ1) is 8.11. The lowest BCUT2D eigenvalue weighted by Gasteiger charge is -2.20. The molecule has 2 atom stereocenters. The van der Waals surface area contributed by atoms with E-state index in [4.69, 9.17) is 0 Å². The molecule has 0 aromatic heterocycles. The second-order valence-electron chi connectivity index (χ2n) is 3.86. The Hall–Kier alpha value is -1.99. The molecule has 2 saturated heterocycles. The van der Waals surface area contributed by atoms with Crippen molar-refractivity contribution < 1.29 is 19.1 Å². The van der Waals surface area contributed by atoms with E-state index < -0.39 is 6.17 Å². The molecule has 8 nitrogen and oxygen atoms in total. The molecule has 2 rings (SSSR count). The molecule has 17 heavy (non-hydrogen) atoms. The number of urea groups is 2. The summed E-state index contributed by atoms with van der Waals surface area (Å²) in [6.45, 7) is 0.393. The molecule has 4 amide bonds. The zero-order valence-corrected chi connectivity index (χ0v) is 9.36. The van der Waals surface area contributed by atoms with Crippen LogP contribution in [0.2, 0.25) is 0 Å². The van der Waals surface area contributed by atoms with Crippen molar-refractivity contribution in [2.24, 2.45) is 0 Å². The second-order valence-corrected chi connectivity index (χ2v) is 3.86. The zero-order valence-electron chi connectivity index (χ0n) is 9.36. The molecule has 0 unspecified atom stereocenters. The van der Waals surface area contributed by atoms with Gasteiger partial charge in [-0.2, -0.15) is 0 Å². The van der Waals surface area contributed by atoms with Gasteiger partial charge in [-0.15, -0.1) is 0 Å². The summed E-state index contributed by atoms with van der Waals surface area (Å²) < 4.78 is 4.51. The number of ether oxygens (including phenoxy) is 1. The number of nitrogens with one attached hydrogen (secondary N) is 3. The van der Waals surface area contributed by atoms with Crippen LogP contribution >= 0.6 is 0 Å². The van der Waals surface area contributed by atoms with Crippen molar-refractivity contribution in [3.05, 3.63) is 0 Å². The van der Waals surface area contributed by atoms with Crippen LogP contribution in [0.1, 0.15) is 12.8 Å². The van der Waals surface area contributed by atoms with Crippen molar-refractivity contribution in [1.29, 1.82) is 0 Å². The highest BCUT2D eigenvalue weighted by molar-refractivity contribution is 5.84. The minimum absolute atomic E-state index is 0.249. The normalized spacial score (nSPS) is 26.1. The summed E-state index contributed by atoms with van der Waals surface area (Å²) in [6, 6.07) is -0.560. The Bertz CT molecular complexity index is 359. The van der Waals surface area contributed by atoms with Gasteiger partial charge in [-0.1, -0.05) is 0 Å². The number of carbonyl (C=O) groups excluding carboxylic acids is 3. The first-order valence-corrected chi connectivity index (χ1v) is 5.33. The van der Waals surface area contributed by atoms with Gasteiger partial charge < -0.3 is 25.6 Å². The fourth-order valence-electron chi connectivity index (χ4n) is 1.93. The molecule has 2 aliphatic rings. The lowest BCUT2D eigenvalue weighted by atomic mass is 10.3. The van der Waals surface area contributed by atoms with Crippen LogP contribution in [-0.2, 0) is 9.53 Å². The van der Waals surface area contributed by atoms with Crippen LogP contribution in [-0.4, -0.2) is 48.9 Å². The number of nitrogens with zero attached hydrogens (tertiary/aromatic N) is 1. The smallest absolute Gasteiger partial charge is 0.320 e. The highest BCUT2D eigenvalue weighted by atomic mass is 16.5. The number of hydrogen-bond donors (Lipinski definition) is 3. The van der Waals surface area contributed by atoms with Crippen molar-refractivity contribution >= 4 is 18.0 Å². The molecule has 0 bridgehead atoms. The monoisotopic (exact) mass is 242 g/mol. The molecule has 8 heteroatoms. The van der Waals surface area contributed by atoms with E-state index >= 15 is 0 Å². The zero-order chi connectivity index (χ0) is 12.4. The third kappa shape index (κ3) is 2.24. The van der Waals surface area contributed by atoms with Gasteiger partial charge >= 0.3 is 18.0 Å². The van der Waals surface area contributed by atoms with Gasteiger partial charge in [-0.25, -0.2) is 9.59 Å². The SMILES string of the molecule is COC(=O)CCCN1C(=O)N[C@H]2NC(=O)N[C@H]21. The predicted molar refractivity (Wildman–Crippen MR) is 55.7 cm³/mol. The van der Waals surface area contributed by atoms with E-state index in [0.717, 1.165) is 0 Å². The minimum atomic E-state index is -0.395. The molecule has 2 fully saturated rings. The van der Waals surface area contributed by atoms with E-state index in [1.807, 2.05) is 0 Å². The highest BCUT2D eigenvalue weighted by Crippen LogP contribution is 2.14. The third-order valence-electron chi connectivity index (χ3n) is 2.76. The van der Waals surface area contributed by atoms with Gasteiger partial charge in [-0.3, -0.25) is 4.79 Å². The van der Waals surface area contributed by atoms with Crippen LogP contribution in [0, 0.1) is 0 Å². The van der Waals surface area contributed by atoms with Crippen LogP contribution in [0.25, 0.3) is 0 Å². The average molecular weight is 242 g/mol. The van der Waals surface area contributed by atoms with E-state index in [1.165, 1.54) is 12.0 Å². The standard InChI is InChI=1S/C9H14N4O4/c1-17-5(14)3-2-4-13-7-6(11-9(13)16)10-8(15)12-7/h6-7H,2-4H2,1H3,(H,11,16)(H2,10,12,15)/t6-,7+/m1/s1. The summed E-state index contributed by atoms with van der Waals surface area (Å²) >= 11 is 0. The first kappa shape index (κ1) is 11.5. The van der Waals surface area contributed by atoms with Crippen molar-refractivity contribution in [2.75, 3.05) is 13.7 Å². The van der Waals surface area contributed by atoms with Gasteiger partial charge in [0.15, 0.2) is 0 Å². The number of amides is 4. The highest BCUT2D eigenvalue weighted by Gasteiger charge is 2.44. The van der Waals surface area contributed by atoms with E-state index in [9.17, 15) is 14.4 Å². The first-order valence-electron chi connectivity index (χ1n) is 5.33. The molecule has 0 aromatic rings. The van der Waals surface area contributed by atoms with E-state index in [0.29, 0.717) is 13.0 Å². The van der Waals surface area contributed by atoms with E-state index in [-0.39, 0.29) is 30.6 Å². The number of carbonyl (C=O) groups is 3. The summed E-state index contributed by atoms with van der Waals surface area (Å²) in [6.07, 6.45) is -0.0288. The maximum atomic E-state index is 11.5. The number of methoxy groups -OCH3 is 1. The number of fused-ring (bicyclic) bond motifs is 1. The summed E-state index contributed by atoms with van der Waals surface area (Å²) in [5.74, 6) is -0.310. The van der Waals surface area contributed by atoms with Crippen molar-refractivity contribution in [1.82, 2.24) is 20.9 Å². The van der Waals surface area contributed by atoms with Gasteiger partial charge in [-0.05, 0) is 6.42 Å². The maximum absolute atomic E-state index is 11.5. The van der Waals surface area contributed by atoms with Gasteiger partial charge in [0.1, 0.15) is 12.3 Å². The molecule has 94 valence electrons. The predicted octanol–water partition coefficient (Wildman–Crippen LogP) is -1.07. The lowest BCUT2D eigenvalue weighted by Crippen LogP contribution is -2.43. The number of hydrogen-bond acceptors (Lipinski definition) is 4. The molecule has 0 saturated carbocycles. The largest absolute Gasteiger partial charge is 0.469 e.